The molecule has 0 radical (unpaired) electrons. The van der Waals surface area contributed by atoms with Crippen molar-refractivity contribution in [1.29, 1.82) is 5.26 Å². The van der Waals surface area contributed by atoms with E-state index < -0.39 is 0 Å². The van der Waals surface area contributed by atoms with Crippen LogP contribution < -0.4 is 11.5 Å². The summed E-state index contributed by atoms with van der Waals surface area (Å²) < 4.78 is 0. The summed E-state index contributed by atoms with van der Waals surface area (Å²) in [5, 5.41) is 18.1. The summed E-state index contributed by atoms with van der Waals surface area (Å²) in [5.41, 5.74) is 18.2. The molecule has 8 heteroatoms. The number of anilines is 2. The number of nitrogens with two attached hydrogens (primary N) is 2. The molecule has 0 aliphatic heterocycles. The molecule has 0 bridgehead atoms. The maximum atomic E-state index is 9.35. The van der Waals surface area contributed by atoms with E-state index in [9.17, 15) is 5.26 Å². The maximum absolute atomic E-state index is 9.35. The van der Waals surface area contributed by atoms with Crippen molar-refractivity contribution in [2.24, 2.45) is 10.2 Å². The Bertz CT molecular complexity index is 1340. The van der Waals surface area contributed by atoms with Crippen LogP contribution in [0.3, 0.4) is 0 Å². The zero-order valence-corrected chi connectivity index (χ0v) is 17.4. The van der Waals surface area contributed by atoms with Crippen LogP contribution in [0.25, 0.3) is 22.4 Å². The molecule has 0 aliphatic carbocycles. The summed E-state index contributed by atoms with van der Waals surface area (Å²) >= 11 is 0. The third kappa shape index (κ3) is 4.13. The molecule has 0 spiro atoms. The molecule has 3 heterocycles. The molecule has 4 N–H and O–H groups in total. The largest absolute Gasteiger partial charge is 0.394 e. The monoisotopic (exact) mass is 420 g/mol. The fourth-order valence-electron chi connectivity index (χ4n) is 3.33. The van der Waals surface area contributed by atoms with Crippen LogP contribution in [0.4, 0.5) is 17.2 Å². The SMILES string of the molecule is Cc1cnccc1-c1c(-c2cccc(C#N)c2)nc(N)c(N)c1N=NCc1ccccn1. The molecule has 1 aromatic carbocycles. The van der Waals surface area contributed by atoms with Gasteiger partial charge in [0.2, 0.25) is 0 Å². The Morgan fingerprint density at radius 2 is 1.94 bits per heavy atom. The number of hydrogen-bond donors (Lipinski definition) is 2. The quantitative estimate of drug-likeness (QED) is 0.443. The average molecular weight is 420 g/mol. The van der Waals surface area contributed by atoms with Crippen molar-refractivity contribution in [3.05, 3.63) is 83.9 Å². The highest BCUT2D eigenvalue weighted by Crippen LogP contribution is 2.45. The highest BCUT2D eigenvalue weighted by atomic mass is 15.1. The van der Waals surface area contributed by atoms with Gasteiger partial charge in [0.15, 0.2) is 0 Å². The zero-order chi connectivity index (χ0) is 22.5. The first-order valence-electron chi connectivity index (χ1n) is 9.86. The molecular weight excluding hydrogens is 400 g/mol. The van der Waals surface area contributed by atoms with E-state index in [0.29, 0.717) is 22.5 Å². The molecule has 0 saturated carbocycles. The number of nitriles is 1. The van der Waals surface area contributed by atoms with Crippen LogP contribution in [0.1, 0.15) is 16.8 Å². The molecule has 4 aromatic rings. The molecule has 0 fully saturated rings. The Labute approximate surface area is 185 Å². The van der Waals surface area contributed by atoms with E-state index in [-0.39, 0.29) is 18.1 Å². The fraction of sp³-hybridized carbons (Fsp3) is 0.0833. The molecule has 156 valence electrons. The van der Waals surface area contributed by atoms with Gasteiger partial charge in [0, 0.05) is 29.7 Å². The van der Waals surface area contributed by atoms with Crippen LogP contribution in [-0.4, -0.2) is 15.0 Å². The van der Waals surface area contributed by atoms with Crippen LogP contribution in [0.5, 0.6) is 0 Å². The molecule has 3 aromatic heterocycles. The minimum absolute atomic E-state index is 0.143. The van der Waals surface area contributed by atoms with Gasteiger partial charge < -0.3 is 11.5 Å². The van der Waals surface area contributed by atoms with E-state index in [1.165, 1.54) is 0 Å². The standard InChI is InChI=1S/C24H20N8/c1-15-13-28-10-8-19(15)20-22(17-6-4-5-16(11-17)12-25)31-24(27)21(26)23(20)32-30-14-18-7-2-3-9-29-18/h2-11,13H,14,26H2,1H3,(H2,27,31). The van der Waals surface area contributed by atoms with Gasteiger partial charge in [0.1, 0.15) is 23.7 Å². The number of azo groups is 1. The summed E-state index contributed by atoms with van der Waals surface area (Å²) in [6, 6.07) is 16.8. The molecule has 4 rings (SSSR count). The molecule has 0 unspecified atom stereocenters. The van der Waals surface area contributed by atoms with Crippen LogP contribution in [0.15, 0.2) is 77.3 Å². The first kappa shape index (κ1) is 20.6. The van der Waals surface area contributed by atoms with Crippen molar-refractivity contribution in [1.82, 2.24) is 15.0 Å². The molecule has 0 aliphatic rings. The third-order valence-corrected chi connectivity index (χ3v) is 4.92. The summed E-state index contributed by atoms with van der Waals surface area (Å²) in [7, 11) is 0. The summed E-state index contributed by atoms with van der Waals surface area (Å²) in [6.07, 6.45) is 5.15. The normalized spacial score (nSPS) is 10.9. The number of rotatable bonds is 5. The van der Waals surface area contributed by atoms with E-state index in [1.54, 1.807) is 36.8 Å². The van der Waals surface area contributed by atoms with Gasteiger partial charge in [0.25, 0.3) is 0 Å². The van der Waals surface area contributed by atoms with E-state index in [1.807, 2.05) is 37.3 Å². The minimum Gasteiger partial charge on any atom is -0.394 e. The van der Waals surface area contributed by atoms with Crippen molar-refractivity contribution >= 4 is 17.2 Å². The second-order valence-corrected chi connectivity index (χ2v) is 7.09. The first-order valence-corrected chi connectivity index (χ1v) is 9.86. The topological polar surface area (TPSA) is 139 Å². The lowest BCUT2D eigenvalue weighted by atomic mass is 9.94. The maximum Gasteiger partial charge on any atom is 0.149 e. The molecule has 0 saturated heterocycles. The molecule has 32 heavy (non-hydrogen) atoms. The molecule has 0 amide bonds. The van der Waals surface area contributed by atoms with E-state index in [2.05, 4.69) is 31.2 Å². The number of aryl methyl sites for hydroxylation is 1. The van der Waals surface area contributed by atoms with Gasteiger partial charge in [0.05, 0.1) is 23.0 Å². The summed E-state index contributed by atoms with van der Waals surface area (Å²) in [4.78, 5) is 13.0. The lowest BCUT2D eigenvalue weighted by Gasteiger charge is -2.17. The van der Waals surface area contributed by atoms with Crippen molar-refractivity contribution in [3.8, 4) is 28.5 Å². The van der Waals surface area contributed by atoms with Gasteiger partial charge in [-0.05, 0) is 48.4 Å². The van der Waals surface area contributed by atoms with Gasteiger partial charge in [-0.25, -0.2) is 4.98 Å². The Balaban J connectivity index is 1.94. The van der Waals surface area contributed by atoms with Crippen LogP contribution >= 0.6 is 0 Å². The highest BCUT2D eigenvalue weighted by Gasteiger charge is 2.21. The fourth-order valence-corrected chi connectivity index (χ4v) is 3.33. The third-order valence-electron chi connectivity index (χ3n) is 4.92. The Morgan fingerprint density at radius 3 is 2.69 bits per heavy atom. The lowest BCUT2D eigenvalue weighted by Crippen LogP contribution is -2.03. The van der Waals surface area contributed by atoms with Crippen LogP contribution in [0.2, 0.25) is 0 Å². The number of pyridine rings is 3. The van der Waals surface area contributed by atoms with E-state index in [4.69, 9.17) is 11.5 Å². The molecular formula is C24H20N8. The number of hydrogen-bond acceptors (Lipinski definition) is 8. The second kappa shape index (κ2) is 9.02. The van der Waals surface area contributed by atoms with E-state index >= 15 is 0 Å². The van der Waals surface area contributed by atoms with Crippen molar-refractivity contribution in [2.45, 2.75) is 13.5 Å². The van der Waals surface area contributed by atoms with Gasteiger partial charge in [-0.2, -0.15) is 15.5 Å². The average Bonchev–Trinajstić information content (AvgIpc) is 2.83. The van der Waals surface area contributed by atoms with Gasteiger partial charge in [-0.1, -0.05) is 18.2 Å². The van der Waals surface area contributed by atoms with Crippen LogP contribution in [0, 0.1) is 18.3 Å². The van der Waals surface area contributed by atoms with E-state index in [0.717, 1.165) is 22.4 Å². The number of benzene rings is 1. The first-order chi connectivity index (χ1) is 15.6. The number of nitrogens with zero attached hydrogens (tertiary/aromatic N) is 6. The summed E-state index contributed by atoms with van der Waals surface area (Å²) in [5.74, 6) is 0.143. The Morgan fingerprint density at radius 1 is 1.06 bits per heavy atom. The molecule has 0 atom stereocenters. The van der Waals surface area contributed by atoms with Crippen molar-refractivity contribution < 1.29 is 0 Å². The van der Waals surface area contributed by atoms with Gasteiger partial charge in [-0.3, -0.25) is 9.97 Å². The number of nitrogen functional groups attached to an aromatic ring is 2. The predicted molar refractivity (Wildman–Crippen MR) is 124 cm³/mol. The molecule has 8 nitrogen and oxygen atoms in total. The smallest absolute Gasteiger partial charge is 0.149 e. The minimum atomic E-state index is 0.143. The van der Waals surface area contributed by atoms with Gasteiger partial charge in [-0.15, -0.1) is 0 Å². The lowest BCUT2D eigenvalue weighted by molar-refractivity contribution is 0.915. The van der Waals surface area contributed by atoms with Crippen molar-refractivity contribution in [2.75, 3.05) is 11.5 Å². The van der Waals surface area contributed by atoms with Crippen molar-refractivity contribution in [3.63, 3.8) is 0 Å². The Kier molecular flexibility index (Phi) is 5.81. The zero-order valence-electron chi connectivity index (χ0n) is 17.4. The number of aromatic nitrogens is 3. The van der Waals surface area contributed by atoms with Gasteiger partial charge >= 0.3 is 0 Å². The highest BCUT2D eigenvalue weighted by molar-refractivity contribution is 5.97. The Hall–Kier alpha value is -4.64. The second-order valence-electron chi connectivity index (χ2n) is 7.09. The predicted octanol–water partition coefficient (Wildman–Crippen LogP) is 4.83. The summed E-state index contributed by atoms with van der Waals surface area (Å²) in [6.45, 7) is 2.23. The van der Waals surface area contributed by atoms with Crippen LogP contribution in [-0.2, 0) is 6.54 Å².